The summed E-state index contributed by atoms with van der Waals surface area (Å²) in [5.74, 6) is -0.982. The van der Waals surface area contributed by atoms with Gasteiger partial charge in [-0.15, -0.1) is 0 Å². The minimum Gasteiger partial charge on any atom is -0.391 e. The fraction of sp³-hybridized carbons (Fsp3) is 0.556. The highest BCUT2D eigenvalue weighted by Gasteiger charge is 2.25. The maximum absolute atomic E-state index is 14.0. The molecule has 1 unspecified atom stereocenters. The zero-order chi connectivity index (χ0) is 17.1. The number of hydrogen-bond acceptors (Lipinski definition) is 3. The summed E-state index contributed by atoms with van der Waals surface area (Å²) in [7, 11) is 0. The van der Waals surface area contributed by atoms with E-state index in [1.165, 1.54) is 18.2 Å². The average molecular weight is 334 g/mol. The van der Waals surface area contributed by atoms with Crippen LogP contribution in [-0.2, 0) is 4.79 Å². The van der Waals surface area contributed by atoms with Crippen molar-refractivity contribution in [3.8, 4) is 0 Å². The zero-order valence-electron chi connectivity index (χ0n) is 13.6. The monoisotopic (exact) mass is 334 g/mol. The van der Waals surface area contributed by atoms with E-state index in [4.69, 9.17) is 0 Å². The number of benzene rings is 1. The van der Waals surface area contributed by atoms with E-state index in [1.54, 1.807) is 4.90 Å². The zero-order valence-corrected chi connectivity index (χ0v) is 13.6. The number of aliphatic hydroxyl groups is 1. The Morgan fingerprint density at radius 1 is 1.33 bits per heavy atom. The van der Waals surface area contributed by atoms with E-state index in [9.17, 15) is 19.1 Å². The van der Waals surface area contributed by atoms with Gasteiger partial charge in [-0.25, -0.2) is 4.39 Å². The van der Waals surface area contributed by atoms with Crippen LogP contribution >= 0.6 is 0 Å². The van der Waals surface area contributed by atoms with Crippen molar-refractivity contribution in [3.63, 3.8) is 0 Å². The number of rotatable bonds is 5. The van der Waals surface area contributed by atoms with Gasteiger partial charge in [-0.2, -0.15) is 0 Å². The lowest BCUT2D eigenvalue weighted by Crippen LogP contribution is -2.36. The third-order valence-electron chi connectivity index (χ3n) is 5.00. The molecule has 3 rings (SSSR count). The molecule has 1 saturated carbocycles. The topological polar surface area (TPSA) is 69.6 Å². The van der Waals surface area contributed by atoms with Gasteiger partial charge in [0.2, 0.25) is 5.91 Å². The van der Waals surface area contributed by atoms with Gasteiger partial charge in [-0.1, -0.05) is 12.8 Å². The van der Waals surface area contributed by atoms with E-state index < -0.39 is 17.8 Å². The van der Waals surface area contributed by atoms with Gasteiger partial charge in [-0.3, -0.25) is 9.59 Å². The Hall–Kier alpha value is -1.95. The first-order valence-electron chi connectivity index (χ1n) is 8.62. The fourth-order valence-corrected chi connectivity index (χ4v) is 3.58. The van der Waals surface area contributed by atoms with Crippen molar-refractivity contribution < 1.29 is 19.1 Å². The molecule has 0 radical (unpaired) electrons. The molecule has 2 N–H and O–H groups in total. The summed E-state index contributed by atoms with van der Waals surface area (Å²) < 4.78 is 14.0. The van der Waals surface area contributed by atoms with Gasteiger partial charge in [-0.05, 0) is 43.4 Å². The molecule has 1 atom stereocenters. The molecule has 1 aromatic rings. The quantitative estimate of drug-likeness (QED) is 0.867. The van der Waals surface area contributed by atoms with E-state index >= 15 is 0 Å². The molecule has 2 amide bonds. The third-order valence-corrected chi connectivity index (χ3v) is 5.00. The highest BCUT2D eigenvalue weighted by Crippen LogP contribution is 2.27. The predicted molar refractivity (Wildman–Crippen MR) is 88.3 cm³/mol. The fourth-order valence-electron chi connectivity index (χ4n) is 3.58. The van der Waals surface area contributed by atoms with Crippen LogP contribution in [0.3, 0.4) is 0 Å². The number of nitrogens with one attached hydrogen (secondary N) is 1. The first-order chi connectivity index (χ1) is 11.6. The maximum atomic E-state index is 14.0. The Morgan fingerprint density at radius 3 is 2.75 bits per heavy atom. The molecule has 0 spiro atoms. The van der Waals surface area contributed by atoms with Crippen molar-refractivity contribution in [2.45, 2.75) is 44.6 Å². The molecule has 5 nitrogen and oxygen atoms in total. The standard InChI is InChI=1S/C18H23FN2O3/c19-15-8-7-13(21-9-3-6-17(21)23)10-14(15)18(24)20-11-16(22)12-4-1-2-5-12/h7-8,10,12,16,22H,1-6,9,11H2,(H,20,24). The first kappa shape index (κ1) is 16.9. The van der Waals surface area contributed by atoms with Crippen LogP contribution in [-0.4, -0.2) is 36.1 Å². The number of halogens is 1. The third kappa shape index (κ3) is 3.59. The second-order valence-electron chi connectivity index (χ2n) is 6.63. The van der Waals surface area contributed by atoms with Crippen LogP contribution in [0.1, 0.15) is 48.9 Å². The molecule has 24 heavy (non-hydrogen) atoms. The van der Waals surface area contributed by atoms with Gasteiger partial charge < -0.3 is 15.3 Å². The van der Waals surface area contributed by atoms with Crippen LogP contribution in [0.4, 0.5) is 10.1 Å². The second kappa shape index (κ2) is 7.30. The summed E-state index contributed by atoms with van der Waals surface area (Å²) in [6.45, 7) is 0.710. The molecule has 2 aliphatic rings. The van der Waals surface area contributed by atoms with Gasteiger partial charge >= 0.3 is 0 Å². The molecule has 130 valence electrons. The van der Waals surface area contributed by atoms with Crippen LogP contribution < -0.4 is 10.2 Å². The van der Waals surface area contributed by atoms with Crippen molar-refractivity contribution in [1.29, 1.82) is 0 Å². The molecule has 0 bridgehead atoms. The Kier molecular flexibility index (Phi) is 5.14. The highest BCUT2D eigenvalue weighted by molar-refractivity contribution is 5.99. The molecular weight excluding hydrogens is 311 g/mol. The summed E-state index contributed by atoms with van der Waals surface area (Å²) in [4.78, 5) is 25.6. The number of hydrogen-bond donors (Lipinski definition) is 2. The molecule has 1 saturated heterocycles. The Morgan fingerprint density at radius 2 is 2.08 bits per heavy atom. The lowest BCUT2D eigenvalue weighted by Gasteiger charge is -2.19. The lowest BCUT2D eigenvalue weighted by molar-refractivity contribution is -0.117. The van der Waals surface area contributed by atoms with Crippen LogP contribution in [0.15, 0.2) is 18.2 Å². The second-order valence-corrected chi connectivity index (χ2v) is 6.63. The summed E-state index contributed by atoms with van der Waals surface area (Å²) in [6.07, 6.45) is 4.81. The maximum Gasteiger partial charge on any atom is 0.254 e. The van der Waals surface area contributed by atoms with Crippen molar-refractivity contribution in [3.05, 3.63) is 29.6 Å². The molecule has 1 aliphatic carbocycles. The van der Waals surface area contributed by atoms with E-state index in [2.05, 4.69) is 5.32 Å². The number of nitrogens with zero attached hydrogens (tertiary/aromatic N) is 1. The highest BCUT2D eigenvalue weighted by atomic mass is 19.1. The van der Waals surface area contributed by atoms with E-state index in [-0.39, 0.29) is 23.9 Å². The molecule has 6 heteroatoms. The summed E-state index contributed by atoms with van der Waals surface area (Å²) in [5, 5.41) is 12.7. The smallest absolute Gasteiger partial charge is 0.254 e. The van der Waals surface area contributed by atoms with Crippen LogP contribution in [0.25, 0.3) is 0 Å². The van der Waals surface area contributed by atoms with E-state index in [0.29, 0.717) is 18.7 Å². The number of carbonyl (C=O) groups is 2. The van der Waals surface area contributed by atoms with Crippen LogP contribution in [0.5, 0.6) is 0 Å². The Balaban J connectivity index is 1.66. The summed E-state index contributed by atoms with van der Waals surface area (Å²) >= 11 is 0. The molecule has 1 aliphatic heterocycles. The minimum absolute atomic E-state index is 0.00961. The van der Waals surface area contributed by atoms with Crippen molar-refractivity contribution >= 4 is 17.5 Å². The molecule has 1 heterocycles. The lowest BCUT2D eigenvalue weighted by atomic mass is 10.0. The van der Waals surface area contributed by atoms with Gasteiger partial charge in [0.15, 0.2) is 0 Å². The number of carbonyl (C=O) groups excluding carboxylic acids is 2. The van der Waals surface area contributed by atoms with E-state index in [0.717, 1.165) is 32.1 Å². The molecular formula is C18H23FN2O3. The predicted octanol–water partition coefficient (Wildman–Crippen LogP) is 2.23. The Labute approximate surface area is 140 Å². The SMILES string of the molecule is O=C(NCC(O)C1CCCC1)c1cc(N2CCCC2=O)ccc1F. The van der Waals surface area contributed by atoms with Gasteiger partial charge in [0.25, 0.3) is 5.91 Å². The minimum atomic E-state index is -0.627. The normalized spacial score (nSPS) is 19.8. The largest absolute Gasteiger partial charge is 0.391 e. The number of anilines is 1. The van der Waals surface area contributed by atoms with Crippen LogP contribution in [0, 0.1) is 11.7 Å². The molecule has 1 aromatic carbocycles. The summed E-state index contributed by atoms with van der Waals surface area (Å²) in [6, 6.07) is 4.14. The van der Waals surface area contributed by atoms with Gasteiger partial charge in [0, 0.05) is 25.2 Å². The van der Waals surface area contributed by atoms with Crippen molar-refractivity contribution in [2.75, 3.05) is 18.0 Å². The first-order valence-corrected chi connectivity index (χ1v) is 8.62. The number of amides is 2. The Bertz CT molecular complexity index is 629. The molecule has 2 fully saturated rings. The number of aliphatic hydroxyl groups excluding tert-OH is 1. The summed E-state index contributed by atoms with van der Waals surface area (Å²) in [5.41, 5.74) is 0.450. The van der Waals surface area contributed by atoms with Gasteiger partial charge in [0.05, 0.1) is 11.7 Å². The van der Waals surface area contributed by atoms with Gasteiger partial charge in [0.1, 0.15) is 5.82 Å². The molecule has 0 aromatic heterocycles. The van der Waals surface area contributed by atoms with Crippen molar-refractivity contribution in [1.82, 2.24) is 5.32 Å². The van der Waals surface area contributed by atoms with Crippen LogP contribution in [0.2, 0.25) is 0 Å². The van der Waals surface area contributed by atoms with Crippen molar-refractivity contribution in [2.24, 2.45) is 5.92 Å². The average Bonchev–Trinajstić information content (AvgIpc) is 3.24. The van der Waals surface area contributed by atoms with E-state index in [1.807, 2.05) is 0 Å².